The number of carbonyl (C=O) groups excluding carboxylic acids is 2. The largest absolute Gasteiger partial charge is 0.446 e. The fourth-order valence-electron chi connectivity index (χ4n) is 6.49. The fraction of sp³-hybridized carbons (Fsp3) is 0.696. The van der Waals surface area contributed by atoms with Gasteiger partial charge in [-0.3, -0.25) is 4.79 Å². The number of carbonyl (C=O) groups is 2. The molecule has 2 heterocycles. The van der Waals surface area contributed by atoms with Crippen molar-refractivity contribution in [2.24, 2.45) is 17.8 Å². The molecule has 5 fully saturated rings. The second-order valence-electron chi connectivity index (χ2n) is 10.2. The molecule has 1 aromatic heterocycles. The Morgan fingerprint density at radius 3 is 2.68 bits per heavy atom. The van der Waals surface area contributed by atoms with Crippen LogP contribution in [0.25, 0.3) is 0 Å². The van der Waals surface area contributed by atoms with E-state index >= 15 is 0 Å². The smallest absolute Gasteiger partial charge is 0.410 e. The average Bonchev–Trinajstić information content (AvgIpc) is 3.18. The topological polar surface area (TPSA) is 95.0 Å². The Hall–Kier alpha value is -2.35. The number of hydrogen-bond donors (Lipinski definition) is 2. The number of hydrogen-bond acceptors (Lipinski definition) is 6. The minimum absolute atomic E-state index is 0.0235. The zero-order valence-corrected chi connectivity index (χ0v) is 18.3. The van der Waals surface area contributed by atoms with E-state index in [0.29, 0.717) is 42.2 Å². The van der Waals surface area contributed by atoms with Crippen LogP contribution in [0.2, 0.25) is 0 Å². The van der Waals surface area contributed by atoms with Crippen molar-refractivity contribution in [1.29, 1.82) is 0 Å². The zero-order valence-electron chi connectivity index (χ0n) is 18.3. The Labute approximate surface area is 182 Å². The number of aliphatic hydroxyl groups is 1. The Kier molecular flexibility index (Phi) is 5.07. The van der Waals surface area contributed by atoms with Crippen molar-refractivity contribution in [1.82, 2.24) is 14.8 Å². The maximum Gasteiger partial charge on any atom is 0.410 e. The highest BCUT2D eigenvalue weighted by atomic mass is 16.6. The van der Waals surface area contributed by atoms with Gasteiger partial charge < -0.3 is 25.0 Å². The molecule has 31 heavy (non-hydrogen) atoms. The second-order valence-corrected chi connectivity index (χ2v) is 10.2. The summed E-state index contributed by atoms with van der Waals surface area (Å²) < 4.78 is 6.02. The molecular formula is C23H32N4O4. The van der Waals surface area contributed by atoms with Crippen molar-refractivity contribution < 1.29 is 19.4 Å². The van der Waals surface area contributed by atoms with Crippen molar-refractivity contribution in [3.8, 4) is 0 Å². The first-order valence-corrected chi connectivity index (χ1v) is 11.4. The van der Waals surface area contributed by atoms with E-state index in [9.17, 15) is 14.7 Å². The lowest BCUT2D eigenvalue weighted by Gasteiger charge is -2.57. The monoisotopic (exact) mass is 428 g/mol. The van der Waals surface area contributed by atoms with Crippen LogP contribution in [0.15, 0.2) is 18.3 Å². The van der Waals surface area contributed by atoms with Gasteiger partial charge in [-0.25, -0.2) is 9.78 Å². The third kappa shape index (κ3) is 3.86. The number of rotatable bonds is 4. The number of pyridine rings is 1. The van der Waals surface area contributed by atoms with Gasteiger partial charge in [0.1, 0.15) is 11.9 Å². The summed E-state index contributed by atoms with van der Waals surface area (Å²) in [5, 5.41) is 14.1. The lowest BCUT2D eigenvalue weighted by Crippen LogP contribution is -2.58. The van der Waals surface area contributed by atoms with Gasteiger partial charge in [0.2, 0.25) is 0 Å². The third-order valence-corrected chi connectivity index (χ3v) is 7.62. The highest BCUT2D eigenvalue weighted by Crippen LogP contribution is 2.56. The van der Waals surface area contributed by atoms with Crippen LogP contribution in [0.5, 0.6) is 0 Å². The lowest BCUT2D eigenvalue weighted by molar-refractivity contribution is -0.177. The molecule has 0 spiro atoms. The van der Waals surface area contributed by atoms with Crippen LogP contribution in [-0.2, 0) is 4.74 Å². The third-order valence-electron chi connectivity index (χ3n) is 7.62. The fourth-order valence-corrected chi connectivity index (χ4v) is 6.49. The van der Waals surface area contributed by atoms with Gasteiger partial charge in [0.25, 0.3) is 5.91 Å². The summed E-state index contributed by atoms with van der Waals surface area (Å²) in [7, 11) is 3.43. The number of ether oxygens (including phenoxy) is 1. The summed E-state index contributed by atoms with van der Waals surface area (Å²) >= 11 is 0. The van der Waals surface area contributed by atoms with Crippen molar-refractivity contribution in [2.75, 3.05) is 32.5 Å². The molecule has 0 aromatic carbocycles. The molecule has 8 nitrogen and oxygen atoms in total. The highest BCUT2D eigenvalue weighted by Gasteiger charge is 2.56. The van der Waals surface area contributed by atoms with Crippen LogP contribution >= 0.6 is 0 Å². The highest BCUT2D eigenvalue weighted by molar-refractivity contribution is 5.98. The van der Waals surface area contributed by atoms with Crippen LogP contribution in [0.4, 0.5) is 10.6 Å². The molecule has 3 atom stereocenters. The summed E-state index contributed by atoms with van der Waals surface area (Å²) in [4.78, 5) is 33.0. The van der Waals surface area contributed by atoms with Crippen LogP contribution in [0.3, 0.4) is 0 Å². The van der Waals surface area contributed by atoms with Gasteiger partial charge in [-0.15, -0.1) is 0 Å². The number of amides is 2. The van der Waals surface area contributed by atoms with Gasteiger partial charge in [-0.1, -0.05) is 0 Å². The normalized spacial score (nSPS) is 35.8. The molecule has 1 aromatic rings. The molecule has 4 bridgehead atoms. The number of aromatic nitrogens is 1. The summed E-state index contributed by atoms with van der Waals surface area (Å²) in [6.45, 7) is 1.15. The number of nitrogens with zero attached hydrogens (tertiary/aromatic N) is 3. The molecule has 0 radical (unpaired) electrons. The van der Waals surface area contributed by atoms with Crippen molar-refractivity contribution in [3.05, 3.63) is 23.9 Å². The van der Waals surface area contributed by atoms with Gasteiger partial charge in [0, 0.05) is 39.4 Å². The molecule has 2 N–H and O–H groups in total. The SMILES string of the molecule is CN(C)C(=O)c1cccnc1N[C@@H]1CCN(C(=O)OC2C3CC4CC2CC(O)(C4)C3)C1. The van der Waals surface area contributed by atoms with Crippen molar-refractivity contribution in [3.63, 3.8) is 0 Å². The average molecular weight is 429 g/mol. The van der Waals surface area contributed by atoms with Gasteiger partial charge in [0.05, 0.1) is 11.2 Å². The van der Waals surface area contributed by atoms with Crippen LogP contribution < -0.4 is 5.32 Å². The Balaban J connectivity index is 1.19. The molecule has 1 saturated heterocycles. The first-order chi connectivity index (χ1) is 14.8. The molecule has 2 unspecified atom stereocenters. The van der Waals surface area contributed by atoms with E-state index in [0.717, 1.165) is 38.5 Å². The maximum absolute atomic E-state index is 12.9. The van der Waals surface area contributed by atoms with Crippen molar-refractivity contribution in [2.45, 2.75) is 56.3 Å². The van der Waals surface area contributed by atoms with Gasteiger partial charge in [-0.05, 0) is 68.4 Å². The predicted octanol–water partition coefficient (Wildman–Crippen LogP) is 2.35. The molecule has 5 aliphatic rings. The quantitative estimate of drug-likeness (QED) is 0.764. The standard InChI is InChI=1S/C23H32N4O4/c1-26(2)21(28)18-4-3-6-24-20(18)25-17-5-7-27(13-17)22(29)31-19-15-8-14-9-16(19)12-23(30,10-14)11-15/h3-4,6,14-17,19,30H,5,7-13H2,1-2H3,(H,24,25)/t14?,15?,16?,17-,19?,23?/m1/s1. The zero-order chi connectivity index (χ0) is 21.8. The second kappa shape index (κ2) is 7.65. The van der Waals surface area contributed by atoms with E-state index in [-0.39, 0.29) is 24.1 Å². The van der Waals surface area contributed by atoms with E-state index in [1.165, 1.54) is 4.90 Å². The Morgan fingerprint density at radius 2 is 2.00 bits per heavy atom. The molecule has 8 heteroatoms. The van der Waals surface area contributed by atoms with E-state index in [4.69, 9.17) is 4.74 Å². The first kappa shape index (κ1) is 20.5. The molecule has 4 aliphatic carbocycles. The van der Waals surface area contributed by atoms with Crippen LogP contribution in [-0.4, -0.2) is 76.8 Å². The van der Waals surface area contributed by atoms with E-state index in [1.807, 2.05) is 0 Å². The van der Waals surface area contributed by atoms with Gasteiger partial charge in [0.15, 0.2) is 0 Å². The van der Waals surface area contributed by atoms with E-state index in [1.54, 1.807) is 37.3 Å². The summed E-state index contributed by atoms with van der Waals surface area (Å²) in [6.07, 6.45) is 6.74. The molecule has 1 aliphatic heterocycles. The number of likely N-dealkylation sites (tertiary alicyclic amines) is 1. The number of anilines is 1. The molecule has 6 rings (SSSR count). The number of nitrogens with one attached hydrogen (secondary N) is 1. The lowest BCUT2D eigenvalue weighted by atomic mass is 9.53. The van der Waals surface area contributed by atoms with Gasteiger partial charge in [-0.2, -0.15) is 0 Å². The predicted molar refractivity (Wildman–Crippen MR) is 115 cm³/mol. The molecule has 168 valence electrons. The van der Waals surface area contributed by atoms with E-state index < -0.39 is 5.60 Å². The minimum atomic E-state index is -0.521. The maximum atomic E-state index is 12.9. The molecular weight excluding hydrogens is 396 g/mol. The Bertz CT molecular complexity index is 859. The summed E-state index contributed by atoms with van der Waals surface area (Å²) in [5.41, 5.74) is 0.00645. The molecule has 2 amide bonds. The Morgan fingerprint density at radius 1 is 1.26 bits per heavy atom. The van der Waals surface area contributed by atoms with E-state index in [2.05, 4.69) is 10.3 Å². The summed E-state index contributed by atoms with van der Waals surface area (Å²) in [5.74, 6) is 1.63. The molecule has 4 saturated carbocycles. The van der Waals surface area contributed by atoms with Crippen LogP contribution in [0.1, 0.15) is 48.9 Å². The minimum Gasteiger partial charge on any atom is -0.446 e. The van der Waals surface area contributed by atoms with Crippen molar-refractivity contribution >= 4 is 17.8 Å². The first-order valence-electron chi connectivity index (χ1n) is 11.4. The van der Waals surface area contributed by atoms with Crippen LogP contribution in [0, 0.1) is 17.8 Å². The summed E-state index contributed by atoms with van der Waals surface area (Å²) in [6, 6.07) is 3.54. The van der Waals surface area contributed by atoms with Gasteiger partial charge >= 0.3 is 6.09 Å².